The Morgan fingerprint density at radius 1 is 0.522 bits per heavy atom. The van der Waals surface area contributed by atoms with Crippen molar-refractivity contribution in [3.63, 3.8) is 0 Å². The van der Waals surface area contributed by atoms with E-state index < -0.39 is 0 Å². The van der Waals surface area contributed by atoms with Gasteiger partial charge < -0.3 is 5.11 Å². The smallest absolute Gasteiger partial charge is 0.160 e. The van der Waals surface area contributed by atoms with Crippen LogP contribution in [0.2, 0.25) is 0 Å². The fourth-order valence-corrected chi connectivity index (χ4v) is 6.59. The van der Waals surface area contributed by atoms with Crippen molar-refractivity contribution >= 4 is 11.8 Å². The predicted molar refractivity (Wildman–Crippen MR) is 189 cm³/mol. The monoisotopic (exact) mass is 613 g/mol. The lowest BCUT2D eigenvalue weighted by Gasteiger charge is -2.15. The first-order valence-corrected chi connectivity index (χ1v) is 16.0. The van der Waals surface area contributed by atoms with Gasteiger partial charge in [0.25, 0.3) is 0 Å². The van der Waals surface area contributed by atoms with E-state index in [1.54, 1.807) is 17.8 Å². The number of nitrogens with zero attached hydrogens (tertiary/aromatic N) is 3. The summed E-state index contributed by atoms with van der Waals surface area (Å²) in [4.78, 5) is 15.8. The number of benzene rings is 5. The number of pyridine rings is 1. The lowest BCUT2D eigenvalue weighted by Crippen LogP contribution is -1.99. The molecule has 0 spiro atoms. The molecule has 0 aliphatic carbocycles. The molecule has 1 N–H and O–H groups in total. The number of phenolic OH excluding ortho intramolecular Hbond substituents is 1. The van der Waals surface area contributed by atoms with Gasteiger partial charge in [0.05, 0.1) is 11.4 Å². The number of phenols is 1. The van der Waals surface area contributed by atoms with Gasteiger partial charge in [-0.3, -0.25) is 0 Å². The molecule has 0 aliphatic heterocycles. The van der Waals surface area contributed by atoms with Crippen LogP contribution in [0.25, 0.3) is 56.2 Å². The van der Waals surface area contributed by atoms with Crippen molar-refractivity contribution in [3.05, 3.63) is 157 Å². The summed E-state index contributed by atoms with van der Waals surface area (Å²) in [6.45, 7) is 4.20. The van der Waals surface area contributed by atoms with E-state index in [-0.39, 0.29) is 5.75 Å². The van der Waals surface area contributed by atoms with Gasteiger partial charge in [0.15, 0.2) is 5.82 Å². The Hall–Kier alpha value is -5.52. The molecular weight excluding hydrogens is 583 g/mol. The third-order valence-electron chi connectivity index (χ3n) is 7.99. The quantitative estimate of drug-likeness (QED) is 0.194. The molecule has 4 nitrogen and oxygen atoms in total. The van der Waals surface area contributed by atoms with Crippen molar-refractivity contribution in [2.24, 2.45) is 0 Å². The van der Waals surface area contributed by atoms with Crippen LogP contribution in [0.15, 0.2) is 156 Å². The topological polar surface area (TPSA) is 58.9 Å². The first kappa shape index (κ1) is 29.2. The highest BCUT2D eigenvalue weighted by atomic mass is 32.2. The van der Waals surface area contributed by atoms with Crippen molar-refractivity contribution < 1.29 is 5.11 Å². The van der Waals surface area contributed by atoms with Crippen molar-refractivity contribution in [2.75, 3.05) is 0 Å². The highest BCUT2D eigenvalue weighted by Crippen LogP contribution is 2.38. The lowest BCUT2D eigenvalue weighted by atomic mass is 9.97. The zero-order chi connectivity index (χ0) is 31.5. The molecule has 5 heteroatoms. The first-order chi connectivity index (χ1) is 22.5. The average molecular weight is 614 g/mol. The Morgan fingerprint density at radius 2 is 1.15 bits per heavy atom. The maximum Gasteiger partial charge on any atom is 0.160 e. The molecule has 0 fully saturated rings. The molecule has 0 aliphatic rings. The third-order valence-corrected chi connectivity index (χ3v) is 8.92. The Morgan fingerprint density at radius 3 is 1.87 bits per heavy atom. The van der Waals surface area contributed by atoms with Gasteiger partial charge >= 0.3 is 0 Å². The molecule has 7 rings (SSSR count). The van der Waals surface area contributed by atoms with Crippen LogP contribution in [0.5, 0.6) is 5.75 Å². The molecular formula is C41H31N3OS. The molecule has 0 radical (unpaired) electrons. The van der Waals surface area contributed by atoms with E-state index in [4.69, 9.17) is 9.97 Å². The molecule has 2 heterocycles. The van der Waals surface area contributed by atoms with Crippen LogP contribution >= 0.6 is 11.8 Å². The van der Waals surface area contributed by atoms with E-state index in [9.17, 15) is 5.11 Å². The predicted octanol–water partition coefficient (Wildman–Crippen LogP) is 10.7. The van der Waals surface area contributed by atoms with Gasteiger partial charge in [0, 0.05) is 27.8 Å². The summed E-state index contributed by atoms with van der Waals surface area (Å²) >= 11 is 1.61. The summed E-state index contributed by atoms with van der Waals surface area (Å²) in [7, 11) is 0. The molecule has 7 aromatic rings. The van der Waals surface area contributed by atoms with E-state index in [0.717, 1.165) is 49.0 Å². The van der Waals surface area contributed by atoms with Crippen LogP contribution in [0.4, 0.5) is 0 Å². The molecule has 0 amide bonds. The second-order valence-corrected chi connectivity index (χ2v) is 12.3. The zero-order valence-electron chi connectivity index (χ0n) is 25.6. The van der Waals surface area contributed by atoms with E-state index in [2.05, 4.69) is 104 Å². The van der Waals surface area contributed by atoms with Crippen molar-refractivity contribution in [3.8, 4) is 61.9 Å². The summed E-state index contributed by atoms with van der Waals surface area (Å²) in [5.74, 6) is 0.766. The average Bonchev–Trinajstić information content (AvgIpc) is 3.09. The highest BCUT2D eigenvalue weighted by Gasteiger charge is 2.17. The van der Waals surface area contributed by atoms with Gasteiger partial charge in [-0.05, 0) is 95.8 Å². The van der Waals surface area contributed by atoms with Crippen LogP contribution in [0, 0.1) is 13.8 Å². The standard InChI is InChI=1S/C41H31N3OS/c1-27-11-10-12-28(2)40(27)37-26-36(35-15-6-7-16-38(35)45)43-41(44-37)33-23-32(24-34(25-33)46-39-17-8-9-22-42-39)31-20-18-30(19-21-31)29-13-4-3-5-14-29/h3-26,45H,1-2H3. The van der Waals surface area contributed by atoms with Crippen LogP contribution in [-0.4, -0.2) is 20.1 Å². The van der Waals surface area contributed by atoms with Crippen molar-refractivity contribution in [1.82, 2.24) is 15.0 Å². The van der Waals surface area contributed by atoms with E-state index in [1.165, 1.54) is 11.1 Å². The normalized spacial score (nSPS) is 11.0. The molecule has 46 heavy (non-hydrogen) atoms. The Labute approximate surface area is 273 Å². The second-order valence-electron chi connectivity index (χ2n) is 11.2. The number of hydrogen-bond acceptors (Lipinski definition) is 5. The minimum absolute atomic E-state index is 0.179. The van der Waals surface area contributed by atoms with Gasteiger partial charge in [-0.25, -0.2) is 15.0 Å². The summed E-state index contributed by atoms with van der Waals surface area (Å²) in [5, 5.41) is 11.7. The van der Waals surface area contributed by atoms with Crippen molar-refractivity contribution in [1.29, 1.82) is 0 Å². The van der Waals surface area contributed by atoms with Gasteiger partial charge in [0.2, 0.25) is 0 Å². The highest BCUT2D eigenvalue weighted by molar-refractivity contribution is 7.99. The van der Waals surface area contributed by atoms with Gasteiger partial charge in [0.1, 0.15) is 10.8 Å². The summed E-state index contributed by atoms with van der Waals surface area (Å²) in [6.07, 6.45) is 1.81. The molecule has 0 saturated carbocycles. The Kier molecular flexibility index (Phi) is 8.15. The summed E-state index contributed by atoms with van der Waals surface area (Å²) in [6, 6.07) is 47.0. The maximum absolute atomic E-state index is 10.8. The molecule has 0 saturated heterocycles. The van der Waals surface area contributed by atoms with E-state index in [0.29, 0.717) is 17.1 Å². The summed E-state index contributed by atoms with van der Waals surface area (Å²) < 4.78 is 0. The van der Waals surface area contributed by atoms with Crippen LogP contribution in [0.3, 0.4) is 0 Å². The molecule has 5 aromatic carbocycles. The molecule has 222 valence electrons. The third kappa shape index (κ3) is 6.19. The second kappa shape index (κ2) is 12.8. The van der Waals surface area contributed by atoms with Gasteiger partial charge in [-0.15, -0.1) is 0 Å². The minimum atomic E-state index is 0.179. The number of para-hydroxylation sites is 1. The number of aromatic hydroxyl groups is 1. The summed E-state index contributed by atoms with van der Waals surface area (Å²) in [5.41, 5.74) is 10.9. The largest absolute Gasteiger partial charge is 0.507 e. The molecule has 0 atom stereocenters. The Balaban J connectivity index is 1.41. The van der Waals surface area contributed by atoms with Crippen molar-refractivity contribution in [2.45, 2.75) is 23.8 Å². The number of rotatable bonds is 7. The van der Waals surface area contributed by atoms with E-state index in [1.807, 2.05) is 54.7 Å². The first-order valence-electron chi connectivity index (χ1n) is 15.2. The SMILES string of the molecule is Cc1cccc(C)c1-c1cc(-c2ccccc2O)nc(-c2cc(Sc3ccccn3)cc(-c3ccc(-c4ccccc4)cc3)c2)n1. The number of aryl methyl sites for hydroxylation is 2. The van der Waals surface area contributed by atoms with Gasteiger partial charge in [-0.2, -0.15) is 0 Å². The van der Waals surface area contributed by atoms with E-state index >= 15 is 0 Å². The zero-order valence-corrected chi connectivity index (χ0v) is 26.4. The van der Waals surface area contributed by atoms with Gasteiger partial charge in [-0.1, -0.05) is 103 Å². The van der Waals surface area contributed by atoms with Crippen LogP contribution in [0.1, 0.15) is 11.1 Å². The molecule has 0 unspecified atom stereocenters. The maximum atomic E-state index is 10.8. The van der Waals surface area contributed by atoms with Crippen LogP contribution in [-0.2, 0) is 0 Å². The fraction of sp³-hybridized carbons (Fsp3) is 0.0488. The minimum Gasteiger partial charge on any atom is -0.507 e. The molecule has 2 aromatic heterocycles. The molecule has 0 bridgehead atoms. The fourth-order valence-electron chi connectivity index (χ4n) is 5.72. The van der Waals surface area contributed by atoms with Crippen LogP contribution < -0.4 is 0 Å². The number of aromatic nitrogens is 3. The lowest BCUT2D eigenvalue weighted by molar-refractivity contribution is 0.477. The Bertz CT molecular complexity index is 2130. The number of hydrogen-bond donors (Lipinski definition) is 1.